The number of rotatable bonds is 30. The molecule has 0 saturated carbocycles. The summed E-state index contributed by atoms with van der Waals surface area (Å²) in [4.78, 5) is 140. The standard InChI is InChI=1S/C46H85N6O21P3/c1-44(2,3)71-41(62)32(11-14-38(56)57)47-35(53)17-26-74(65,66)29-50-20-21-51(30-75(67,68)27-18-36(54)48-33(12-15-39(58)59)42(63)72-45(4,5)6)23-25-52(24-22-50)31-76(69,70)28-19-37(55)49(10)34(13-16-40(60)61)43(64)73-46(7,8)9/h32-34,38,56-57H,11-31H2,1-10H3,(H,47,53)(H,48,54)(H,58,59)(H,60,61)(H,65,66)(H,67,68)(H,69,70). The van der Waals surface area contributed by atoms with Gasteiger partial charge in [-0.15, -0.1) is 0 Å². The van der Waals surface area contributed by atoms with Gasteiger partial charge in [0.25, 0.3) is 0 Å². The van der Waals surface area contributed by atoms with Crippen molar-refractivity contribution in [1.82, 2.24) is 30.2 Å². The van der Waals surface area contributed by atoms with Gasteiger partial charge in [0.2, 0.25) is 39.8 Å². The fourth-order valence-corrected chi connectivity index (χ4v) is 12.2. The number of carboxylic acid groups (broad SMARTS) is 2. The van der Waals surface area contributed by atoms with Crippen molar-refractivity contribution < 1.29 is 101 Å². The Hall–Kier alpha value is -3.87. The number of hydrogen-bond donors (Lipinski definition) is 9. The molecule has 6 unspecified atom stereocenters. The van der Waals surface area contributed by atoms with Crippen molar-refractivity contribution in [2.75, 3.05) is 83.7 Å². The topological polar surface area (TPSA) is 394 Å². The predicted octanol–water partition coefficient (Wildman–Crippen LogP) is 1.40. The smallest absolute Gasteiger partial charge is 0.329 e. The Kier molecular flexibility index (Phi) is 28.7. The maximum absolute atomic E-state index is 13.8. The van der Waals surface area contributed by atoms with Crippen LogP contribution in [0.5, 0.6) is 0 Å². The number of aliphatic carboxylic acids is 2. The van der Waals surface area contributed by atoms with E-state index in [1.165, 1.54) is 21.7 Å². The molecule has 0 aromatic rings. The van der Waals surface area contributed by atoms with Crippen molar-refractivity contribution >= 4 is 69.7 Å². The Balaban J connectivity index is 3.38. The van der Waals surface area contributed by atoms with E-state index in [1.54, 1.807) is 62.3 Å². The molecule has 0 aromatic heterocycles. The average molecular weight is 1150 g/mol. The summed E-state index contributed by atoms with van der Waals surface area (Å²) in [6.45, 7) is 14.2. The van der Waals surface area contributed by atoms with Crippen LogP contribution in [0, 0.1) is 0 Å². The van der Waals surface area contributed by atoms with Gasteiger partial charge in [-0.05, 0) is 81.6 Å². The van der Waals surface area contributed by atoms with Gasteiger partial charge in [-0.2, -0.15) is 0 Å². The summed E-state index contributed by atoms with van der Waals surface area (Å²) in [6.07, 6.45) is -8.86. The number of aliphatic hydroxyl groups is 2. The zero-order chi connectivity index (χ0) is 58.6. The Labute approximate surface area is 445 Å². The molecule has 0 radical (unpaired) electrons. The molecule has 1 aliphatic heterocycles. The second kappa shape index (κ2) is 31.1. The molecule has 1 saturated heterocycles. The fraction of sp³-hybridized carbons (Fsp3) is 0.826. The Morgan fingerprint density at radius 1 is 0.500 bits per heavy atom. The van der Waals surface area contributed by atoms with Gasteiger partial charge < -0.3 is 64.9 Å². The van der Waals surface area contributed by atoms with Crippen molar-refractivity contribution in [3.05, 3.63) is 0 Å². The first-order valence-electron chi connectivity index (χ1n) is 25.0. The number of hydrogen-bond acceptors (Lipinski definition) is 19. The highest BCUT2D eigenvalue weighted by molar-refractivity contribution is 7.58. The number of carboxylic acids is 2. The molecule has 1 aliphatic rings. The number of carbonyl (C=O) groups excluding carboxylic acids is 6. The molecule has 1 heterocycles. The first-order valence-corrected chi connectivity index (χ1v) is 31.1. The number of nitrogens with one attached hydrogen (secondary N) is 2. The van der Waals surface area contributed by atoms with Gasteiger partial charge in [0.05, 0.1) is 18.9 Å². The van der Waals surface area contributed by atoms with E-state index in [-0.39, 0.29) is 65.0 Å². The molecule has 1 rings (SSSR count). The summed E-state index contributed by atoms with van der Waals surface area (Å²) >= 11 is 0. The molecule has 30 heteroatoms. The van der Waals surface area contributed by atoms with Crippen LogP contribution >= 0.6 is 22.1 Å². The molecule has 0 aromatic carbocycles. The molecule has 440 valence electrons. The van der Waals surface area contributed by atoms with Crippen molar-refractivity contribution in [2.45, 2.75) is 161 Å². The molecule has 9 N–H and O–H groups in total. The average Bonchev–Trinajstić information content (AvgIpc) is 3.32. The number of amides is 3. The first kappa shape index (κ1) is 70.1. The molecule has 0 bridgehead atoms. The molecule has 0 aliphatic carbocycles. The second-order valence-corrected chi connectivity index (χ2v) is 29.3. The predicted molar refractivity (Wildman–Crippen MR) is 276 cm³/mol. The van der Waals surface area contributed by atoms with Gasteiger partial charge in [-0.3, -0.25) is 52.4 Å². The lowest BCUT2D eigenvalue weighted by Crippen LogP contribution is -2.45. The van der Waals surface area contributed by atoms with Crippen molar-refractivity contribution in [2.24, 2.45) is 0 Å². The monoisotopic (exact) mass is 1150 g/mol. The van der Waals surface area contributed by atoms with Crippen LogP contribution in [-0.4, -0.2) is 227 Å². The van der Waals surface area contributed by atoms with Crippen LogP contribution in [0.3, 0.4) is 0 Å². The minimum atomic E-state index is -4.26. The summed E-state index contributed by atoms with van der Waals surface area (Å²) in [5.74, 6) is -7.48. The van der Waals surface area contributed by atoms with Crippen LogP contribution in [0.25, 0.3) is 0 Å². The summed E-state index contributed by atoms with van der Waals surface area (Å²) in [5.41, 5.74) is -2.90. The van der Waals surface area contributed by atoms with Gasteiger partial charge in [0, 0.05) is 103 Å². The third-order valence-corrected chi connectivity index (χ3v) is 16.4. The molecule has 76 heavy (non-hydrogen) atoms. The fourth-order valence-electron chi connectivity index (χ4n) is 7.39. The highest BCUT2D eigenvalue weighted by Crippen LogP contribution is 2.45. The van der Waals surface area contributed by atoms with Crippen LogP contribution in [0.1, 0.15) is 120 Å². The van der Waals surface area contributed by atoms with Crippen LogP contribution in [0.4, 0.5) is 0 Å². The van der Waals surface area contributed by atoms with Gasteiger partial charge >= 0.3 is 29.8 Å². The first-order chi connectivity index (χ1) is 34.6. The molecular formula is C46H85N6O21P3. The lowest BCUT2D eigenvalue weighted by atomic mass is 10.1. The number of likely N-dealkylation sites (N-methyl/N-ethyl adjacent to an activating group) is 1. The second-order valence-electron chi connectivity index (χ2n) is 22.0. The number of esters is 3. The van der Waals surface area contributed by atoms with E-state index in [0.717, 1.165) is 4.90 Å². The van der Waals surface area contributed by atoms with Crippen LogP contribution in [0.2, 0.25) is 0 Å². The highest BCUT2D eigenvalue weighted by Gasteiger charge is 2.36. The minimum Gasteiger partial charge on any atom is -0.481 e. The lowest BCUT2D eigenvalue weighted by molar-refractivity contribution is -0.164. The third kappa shape index (κ3) is 32.1. The third-order valence-electron chi connectivity index (χ3n) is 11.1. The lowest BCUT2D eigenvalue weighted by Gasteiger charge is -2.30. The number of ether oxygens (including phenoxy) is 3. The minimum absolute atomic E-state index is 0.00471. The van der Waals surface area contributed by atoms with E-state index in [9.17, 15) is 87.2 Å². The molecule has 27 nitrogen and oxygen atoms in total. The highest BCUT2D eigenvalue weighted by atomic mass is 31.2. The van der Waals surface area contributed by atoms with Gasteiger partial charge in [-0.25, -0.2) is 14.4 Å². The zero-order valence-electron chi connectivity index (χ0n) is 45.6. The maximum Gasteiger partial charge on any atom is 0.329 e. The van der Waals surface area contributed by atoms with E-state index in [4.69, 9.17) is 14.2 Å². The van der Waals surface area contributed by atoms with E-state index in [2.05, 4.69) is 10.6 Å². The van der Waals surface area contributed by atoms with Crippen LogP contribution in [0.15, 0.2) is 0 Å². The molecular weight excluding hydrogens is 1070 g/mol. The van der Waals surface area contributed by atoms with Crippen molar-refractivity contribution in [3.63, 3.8) is 0 Å². The normalized spacial score (nSPS) is 18.2. The molecule has 0 spiro atoms. The maximum atomic E-state index is 13.8. The van der Waals surface area contributed by atoms with E-state index in [1.807, 2.05) is 0 Å². The summed E-state index contributed by atoms with van der Waals surface area (Å²) in [7, 11) is -11.5. The van der Waals surface area contributed by atoms with E-state index < -0.39 is 180 Å². The summed E-state index contributed by atoms with van der Waals surface area (Å²) in [6, 6.07) is -3.99. The molecule has 1 fully saturated rings. The SMILES string of the molecule is CN(C(=O)CCP(=O)(O)CN1CCN(CP(=O)(O)CCC(=O)NC(CCC(=O)O)C(=O)OC(C)(C)C)CCN(CP(=O)(O)CCC(=O)NC(CCC(O)O)C(=O)OC(C)(C)C)CC1)C(CCC(=O)O)C(=O)OC(C)(C)C. The van der Waals surface area contributed by atoms with Gasteiger partial charge in [0.1, 0.15) is 34.9 Å². The summed E-state index contributed by atoms with van der Waals surface area (Å²) < 4.78 is 57.4. The van der Waals surface area contributed by atoms with Crippen molar-refractivity contribution in [1.29, 1.82) is 0 Å². The summed E-state index contributed by atoms with van der Waals surface area (Å²) in [5, 5.41) is 42.0. The molecule has 3 amide bonds. The number of nitrogens with zero attached hydrogens (tertiary/aromatic N) is 4. The van der Waals surface area contributed by atoms with Crippen molar-refractivity contribution in [3.8, 4) is 0 Å². The number of carbonyl (C=O) groups is 8. The Morgan fingerprint density at radius 2 is 0.816 bits per heavy atom. The van der Waals surface area contributed by atoms with Gasteiger partial charge in [-0.1, -0.05) is 0 Å². The van der Waals surface area contributed by atoms with E-state index >= 15 is 0 Å². The van der Waals surface area contributed by atoms with Crippen LogP contribution in [-0.2, 0) is 66.3 Å². The number of aliphatic hydroxyl groups excluding tert-OH is 1. The quantitative estimate of drug-likeness (QED) is 0.0212. The zero-order valence-corrected chi connectivity index (χ0v) is 48.3. The van der Waals surface area contributed by atoms with Gasteiger partial charge in [0.15, 0.2) is 6.29 Å². The molecule has 6 atom stereocenters. The largest absolute Gasteiger partial charge is 0.481 e. The van der Waals surface area contributed by atoms with E-state index in [0.29, 0.717) is 0 Å². The van der Waals surface area contributed by atoms with Crippen LogP contribution < -0.4 is 10.6 Å². The Bertz CT molecular complexity index is 2130. The Morgan fingerprint density at radius 3 is 1.14 bits per heavy atom.